The van der Waals surface area contributed by atoms with Gasteiger partial charge in [0.05, 0.1) is 0 Å². The molecule has 1 rings (SSSR count). The third-order valence-electron chi connectivity index (χ3n) is 1.32. The van der Waals surface area contributed by atoms with Crippen LogP contribution in [0.1, 0.15) is 0 Å². The van der Waals surface area contributed by atoms with Crippen molar-refractivity contribution in [2.45, 2.75) is 0 Å². The Morgan fingerprint density at radius 2 is 1.86 bits per heavy atom. The number of nitro groups is 1. The molecule has 1 aromatic carbocycles. The van der Waals surface area contributed by atoms with E-state index in [1.54, 1.807) is 18.2 Å². The normalized spacial score (nSPS) is 10.9. The topological polar surface area (TPSA) is 89.3 Å². The Bertz CT molecular complexity index is 415. The number of sulfonamides is 1. The summed E-state index contributed by atoms with van der Waals surface area (Å²) in [5.41, 5.74) is 0.314. The first-order chi connectivity index (χ1) is 6.49. The van der Waals surface area contributed by atoms with Crippen molar-refractivity contribution in [3.8, 4) is 0 Å². The molecule has 0 aliphatic rings. The molecule has 7 heteroatoms. The first-order valence-electron chi connectivity index (χ1n) is 3.67. The zero-order valence-electron chi connectivity index (χ0n) is 7.08. The molecule has 0 unspecified atom stereocenters. The monoisotopic (exact) mass is 216 g/mol. The number of anilines is 1. The van der Waals surface area contributed by atoms with E-state index in [1.165, 1.54) is 12.1 Å². The van der Waals surface area contributed by atoms with E-state index in [2.05, 4.69) is 4.72 Å². The summed E-state index contributed by atoms with van der Waals surface area (Å²) < 4.78 is 24.2. The van der Waals surface area contributed by atoms with Crippen LogP contribution < -0.4 is 4.72 Å². The van der Waals surface area contributed by atoms with Crippen LogP contribution in [0, 0.1) is 10.1 Å². The predicted octanol–water partition coefficient (Wildman–Crippen LogP) is 0.662. The van der Waals surface area contributed by atoms with E-state index in [0.29, 0.717) is 5.69 Å². The van der Waals surface area contributed by atoms with Gasteiger partial charge in [0.1, 0.15) is 0 Å². The number of benzene rings is 1. The molecule has 0 aromatic heterocycles. The number of hydrogen-bond donors (Lipinski definition) is 1. The predicted molar refractivity (Wildman–Crippen MR) is 50.8 cm³/mol. The van der Waals surface area contributed by atoms with Gasteiger partial charge in [-0.2, -0.15) is 8.42 Å². The molecule has 0 radical (unpaired) electrons. The smallest absolute Gasteiger partial charge is 0.278 e. The van der Waals surface area contributed by atoms with Gasteiger partial charge in [0.15, 0.2) is 0 Å². The molecule has 1 N–H and O–H groups in total. The summed E-state index contributed by atoms with van der Waals surface area (Å²) in [5.74, 6) is -1.12. The molecule has 14 heavy (non-hydrogen) atoms. The van der Waals surface area contributed by atoms with Crippen LogP contribution in [-0.2, 0) is 10.0 Å². The van der Waals surface area contributed by atoms with E-state index in [0.717, 1.165) is 0 Å². The minimum Gasteiger partial charge on any atom is -0.278 e. The van der Waals surface area contributed by atoms with Gasteiger partial charge in [-0.25, -0.2) is 0 Å². The number of para-hydroxylation sites is 1. The highest BCUT2D eigenvalue weighted by Crippen LogP contribution is 2.07. The van der Waals surface area contributed by atoms with Crippen LogP contribution in [0.25, 0.3) is 0 Å². The average Bonchev–Trinajstić information content (AvgIpc) is 2.02. The van der Waals surface area contributed by atoms with E-state index in [1.807, 2.05) is 0 Å². The maximum atomic E-state index is 11.1. The second kappa shape index (κ2) is 4.05. The molecule has 6 nitrogen and oxygen atoms in total. The lowest BCUT2D eigenvalue weighted by Gasteiger charge is -2.02. The number of rotatable bonds is 4. The average molecular weight is 216 g/mol. The van der Waals surface area contributed by atoms with Crippen LogP contribution in [0.2, 0.25) is 0 Å². The summed E-state index contributed by atoms with van der Waals surface area (Å²) in [4.78, 5) is 9.09. The Morgan fingerprint density at radius 1 is 1.29 bits per heavy atom. The molecule has 0 saturated heterocycles. The van der Waals surface area contributed by atoms with Crippen molar-refractivity contribution in [1.29, 1.82) is 0 Å². The summed E-state index contributed by atoms with van der Waals surface area (Å²) in [6.45, 7) is 0. The Kier molecular flexibility index (Phi) is 3.03. The Labute approximate surface area is 80.8 Å². The number of nitrogens with one attached hydrogen (secondary N) is 1. The molecule has 0 spiro atoms. The minimum absolute atomic E-state index is 0.314. The van der Waals surface area contributed by atoms with E-state index < -0.39 is 20.8 Å². The first-order valence-corrected chi connectivity index (χ1v) is 5.32. The van der Waals surface area contributed by atoms with Crippen LogP contribution in [0.3, 0.4) is 0 Å². The zero-order valence-corrected chi connectivity index (χ0v) is 7.90. The van der Waals surface area contributed by atoms with E-state index >= 15 is 0 Å². The first kappa shape index (κ1) is 10.5. The van der Waals surface area contributed by atoms with Gasteiger partial charge < -0.3 is 0 Å². The summed E-state index contributed by atoms with van der Waals surface area (Å²) in [5, 5.41) is 9.99. The van der Waals surface area contributed by atoms with Crippen LogP contribution in [0.4, 0.5) is 5.69 Å². The van der Waals surface area contributed by atoms with Gasteiger partial charge in [-0.05, 0) is 12.1 Å². The van der Waals surface area contributed by atoms with Gasteiger partial charge in [0, 0.05) is 10.6 Å². The van der Waals surface area contributed by atoms with Crippen molar-refractivity contribution < 1.29 is 13.3 Å². The van der Waals surface area contributed by atoms with Crippen molar-refractivity contribution in [2.24, 2.45) is 0 Å². The molecule has 0 amide bonds. The van der Waals surface area contributed by atoms with Crippen LogP contribution in [0.5, 0.6) is 0 Å². The highest BCUT2D eigenvalue weighted by molar-refractivity contribution is 7.92. The Balaban J connectivity index is 2.74. The van der Waals surface area contributed by atoms with E-state index in [-0.39, 0.29) is 0 Å². The fourth-order valence-electron chi connectivity index (χ4n) is 0.857. The Hall–Kier alpha value is -1.63. The van der Waals surface area contributed by atoms with Crippen molar-refractivity contribution in [3.63, 3.8) is 0 Å². The summed E-state index contributed by atoms with van der Waals surface area (Å²) in [6, 6.07) is 7.99. The number of nitrogens with zero attached hydrogens (tertiary/aromatic N) is 1. The Morgan fingerprint density at radius 3 is 2.36 bits per heavy atom. The molecular weight excluding hydrogens is 208 g/mol. The second-order valence-corrected chi connectivity index (χ2v) is 4.24. The van der Waals surface area contributed by atoms with Crippen LogP contribution in [0.15, 0.2) is 30.3 Å². The molecule has 0 bridgehead atoms. The standard InChI is InChI=1S/C7H8N2O4S/c10-9(11)6-14(12,13)8-7-4-2-1-3-5-7/h1-5,8H,6H2. The van der Waals surface area contributed by atoms with Crippen molar-refractivity contribution in [2.75, 3.05) is 10.6 Å². The SMILES string of the molecule is O=[N+]([O-])CS(=O)(=O)Nc1ccccc1. The summed E-state index contributed by atoms with van der Waals surface area (Å²) >= 11 is 0. The lowest BCUT2D eigenvalue weighted by atomic mass is 10.3. The highest BCUT2D eigenvalue weighted by Gasteiger charge is 2.17. The van der Waals surface area contributed by atoms with Gasteiger partial charge in [-0.3, -0.25) is 14.8 Å². The lowest BCUT2D eigenvalue weighted by Crippen LogP contribution is -2.21. The molecule has 0 heterocycles. The fraction of sp³-hybridized carbons (Fsp3) is 0.143. The summed E-state index contributed by atoms with van der Waals surface area (Å²) in [7, 11) is -3.88. The van der Waals surface area contributed by atoms with Crippen LogP contribution >= 0.6 is 0 Å². The maximum absolute atomic E-state index is 11.1. The lowest BCUT2D eigenvalue weighted by molar-refractivity contribution is -0.458. The molecule has 0 aliphatic carbocycles. The molecule has 1 aromatic rings. The van der Waals surface area contributed by atoms with Gasteiger partial charge in [0.2, 0.25) is 0 Å². The number of hydrogen-bond acceptors (Lipinski definition) is 4. The largest absolute Gasteiger partial charge is 0.319 e. The molecule has 76 valence electrons. The van der Waals surface area contributed by atoms with Gasteiger partial charge in [-0.1, -0.05) is 18.2 Å². The second-order valence-electron chi connectivity index (χ2n) is 2.54. The summed E-state index contributed by atoms with van der Waals surface area (Å²) in [6.07, 6.45) is 0. The van der Waals surface area contributed by atoms with Crippen molar-refractivity contribution >= 4 is 15.7 Å². The molecule has 0 saturated carbocycles. The van der Waals surface area contributed by atoms with E-state index in [4.69, 9.17) is 0 Å². The highest BCUT2D eigenvalue weighted by atomic mass is 32.2. The van der Waals surface area contributed by atoms with Crippen molar-refractivity contribution in [1.82, 2.24) is 0 Å². The molecule has 0 aliphatic heterocycles. The van der Waals surface area contributed by atoms with Gasteiger partial charge >= 0.3 is 5.88 Å². The third-order valence-corrected chi connectivity index (χ3v) is 2.42. The van der Waals surface area contributed by atoms with E-state index in [9.17, 15) is 18.5 Å². The quantitative estimate of drug-likeness (QED) is 0.591. The molecule has 0 fully saturated rings. The van der Waals surface area contributed by atoms with Gasteiger partial charge in [-0.15, -0.1) is 0 Å². The van der Waals surface area contributed by atoms with Crippen LogP contribution in [-0.4, -0.2) is 19.2 Å². The zero-order chi connectivity index (χ0) is 10.6. The van der Waals surface area contributed by atoms with Gasteiger partial charge in [0.25, 0.3) is 10.0 Å². The minimum atomic E-state index is -3.88. The third kappa shape index (κ3) is 3.40. The fourth-order valence-corrected chi connectivity index (χ4v) is 1.69. The van der Waals surface area contributed by atoms with Crippen molar-refractivity contribution in [3.05, 3.63) is 40.4 Å². The maximum Gasteiger partial charge on any atom is 0.319 e. The molecule has 0 atom stereocenters. The molecular formula is C7H8N2O4S.